The molecule has 0 unspecified atom stereocenters. The molecule has 0 atom stereocenters. The Hall–Kier alpha value is -2.30. The third-order valence-corrected chi connectivity index (χ3v) is 7.44. The van der Waals surface area contributed by atoms with Crippen molar-refractivity contribution in [3.8, 4) is 0 Å². The minimum absolute atomic E-state index is 0.0827. The molecule has 0 radical (unpaired) electrons. The molecule has 4 fully saturated rings. The lowest BCUT2D eigenvalue weighted by molar-refractivity contribution is -0.137. The summed E-state index contributed by atoms with van der Waals surface area (Å²) in [6.07, 6.45) is 3.61. The van der Waals surface area contributed by atoms with Gasteiger partial charge in [-0.15, -0.1) is 0 Å². The minimum Gasteiger partial charge on any atom is -0.326 e. The minimum atomic E-state index is -4.40. The van der Waals surface area contributed by atoms with E-state index in [0.717, 1.165) is 29.9 Å². The maximum atomic E-state index is 12.9. The van der Waals surface area contributed by atoms with Crippen LogP contribution in [-0.4, -0.2) is 5.91 Å². The van der Waals surface area contributed by atoms with Crippen LogP contribution in [0.3, 0.4) is 0 Å². The summed E-state index contributed by atoms with van der Waals surface area (Å²) in [6.45, 7) is 0. The van der Waals surface area contributed by atoms with E-state index in [1.165, 1.54) is 50.2 Å². The highest BCUT2D eigenvalue weighted by molar-refractivity contribution is 5.92. The van der Waals surface area contributed by atoms with E-state index in [0.29, 0.717) is 16.7 Å². The van der Waals surface area contributed by atoms with Gasteiger partial charge >= 0.3 is 6.18 Å². The van der Waals surface area contributed by atoms with Gasteiger partial charge in [-0.3, -0.25) is 4.79 Å². The molecule has 158 valence electrons. The highest BCUT2D eigenvalue weighted by Gasteiger charge is 2.51. The fraction of sp³-hybridized carbons (Fsp3) is 0.480. The number of hydrogen-bond acceptors (Lipinski definition) is 1. The van der Waals surface area contributed by atoms with Crippen LogP contribution in [0.5, 0.6) is 0 Å². The lowest BCUT2D eigenvalue weighted by Gasteiger charge is -2.57. The Labute approximate surface area is 174 Å². The van der Waals surface area contributed by atoms with Crippen LogP contribution in [0.4, 0.5) is 18.9 Å². The van der Waals surface area contributed by atoms with Gasteiger partial charge in [-0.2, -0.15) is 13.2 Å². The zero-order valence-electron chi connectivity index (χ0n) is 16.8. The molecular formula is C25H26F3NO. The summed E-state index contributed by atoms with van der Waals surface area (Å²) in [5.41, 5.74) is 2.02. The maximum absolute atomic E-state index is 12.9. The van der Waals surface area contributed by atoms with Crippen molar-refractivity contribution >= 4 is 11.6 Å². The molecule has 4 aliphatic rings. The van der Waals surface area contributed by atoms with Gasteiger partial charge in [-0.1, -0.05) is 30.3 Å². The molecule has 1 N–H and O–H groups in total. The predicted octanol–water partition coefficient (Wildman–Crippen LogP) is 6.35. The van der Waals surface area contributed by atoms with E-state index in [-0.39, 0.29) is 12.3 Å². The molecule has 0 aromatic heterocycles. The highest BCUT2D eigenvalue weighted by Crippen LogP contribution is 2.60. The van der Waals surface area contributed by atoms with Crippen LogP contribution in [0.15, 0.2) is 48.5 Å². The number of halogens is 3. The Morgan fingerprint density at radius 1 is 0.933 bits per heavy atom. The summed E-state index contributed by atoms with van der Waals surface area (Å²) in [7, 11) is 0. The van der Waals surface area contributed by atoms with Crippen molar-refractivity contribution in [1.29, 1.82) is 0 Å². The van der Waals surface area contributed by atoms with E-state index >= 15 is 0 Å². The van der Waals surface area contributed by atoms with Crippen LogP contribution in [0, 0.1) is 17.8 Å². The molecule has 4 bridgehead atoms. The maximum Gasteiger partial charge on any atom is 0.416 e. The molecule has 6 rings (SSSR count). The van der Waals surface area contributed by atoms with Gasteiger partial charge in [0.05, 0.1) is 12.0 Å². The summed E-state index contributed by atoms with van der Waals surface area (Å²) in [5.74, 6) is 2.33. The van der Waals surface area contributed by atoms with Crippen molar-refractivity contribution in [3.05, 3.63) is 65.2 Å². The average molecular weight is 413 g/mol. The quantitative estimate of drug-likeness (QED) is 0.621. The third kappa shape index (κ3) is 3.75. The van der Waals surface area contributed by atoms with Gasteiger partial charge in [0, 0.05) is 5.69 Å². The molecule has 0 saturated heterocycles. The van der Waals surface area contributed by atoms with Crippen molar-refractivity contribution in [2.24, 2.45) is 17.8 Å². The molecule has 0 aliphatic heterocycles. The Kier molecular flexibility index (Phi) is 4.68. The number of carbonyl (C=O) groups is 1. The van der Waals surface area contributed by atoms with Crippen LogP contribution in [0.25, 0.3) is 0 Å². The molecule has 0 heterocycles. The van der Waals surface area contributed by atoms with Crippen molar-refractivity contribution < 1.29 is 18.0 Å². The Morgan fingerprint density at radius 2 is 1.53 bits per heavy atom. The summed E-state index contributed by atoms with van der Waals surface area (Å²) >= 11 is 0. The van der Waals surface area contributed by atoms with Crippen LogP contribution >= 0.6 is 0 Å². The van der Waals surface area contributed by atoms with Crippen molar-refractivity contribution in [3.63, 3.8) is 0 Å². The number of alkyl halides is 3. The topological polar surface area (TPSA) is 29.1 Å². The first kappa shape index (κ1) is 19.7. The second kappa shape index (κ2) is 7.14. The van der Waals surface area contributed by atoms with E-state index in [2.05, 4.69) is 17.4 Å². The first-order chi connectivity index (χ1) is 14.3. The standard InChI is InChI=1S/C25H26F3NO/c26-25(27,28)21-3-1-2-16(11-21)12-23(30)29-22-6-4-20(5-7-22)24-13-17-8-18(14-24)10-19(9-17)15-24/h1-7,11,17-19H,8-10,12-15H2,(H,29,30). The largest absolute Gasteiger partial charge is 0.416 e. The fourth-order valence-corrected chi connectivity index (χ4v) is 6.62. The van der Waals surface area contributed by atoms with Gasteiger partial charge in [0.15, 0.2) is 0 Å². The van der Waals surface area contributed by atoms with E-state index in [1.807, 2.05) is 12.1 Å². The summed E-state index contributed by atoms with van der Waals surface area (Å²) in [6, 6.07) is 13.1. The van der Waals surface area contributed by atoms with Crippen LogP contribution < -0.4 is 5.32 Å². The number of carbonyl (C=O) groups excluding carboxylic acids is 1. The molecule has 5 heteroatoms. The van der Waals surface area contributed by atoms with Gasteiger partial charge in [-0.05, 0) is 91.0 Å². The normalized spacial score (nSPS) is 29.8. The second-order valence-electron chi connectivity index (χ2n) is 9.70. The first-order valence-corrected chi connectivity index (χ1v) is 10.9. The number of amides is 1. The van der Waals surface area contributed by atoms with E-state index in [4.69, 9.17) is 0 Å². The predicted molar refractivity (Wildman–Crippen MR) is 110 cm³/mol. The van der Waals surface area contributed by atoms with Crippen LogP contribution in [-0.2, 0) is 22.8 Å². The Balaban J connectivity index is 1.25. The molecule has 4 aliphatic carbocycles. The molecule has 30 heavy (non-hydrogen) atoms. The van der Waals surface area contributed by atoms with Gasteiger partial charge in [-0.25, -0.2) is 0 Å². The van der Waals surface area contributed by atoms with Gasteiger partial charge in [0.2, 0.25) is 5.91 Å². The second-order valence-corrected chi connectivity index (χ2v) is 9.70. The molecule has 2 aromatic carbocycles. The molecule has 0 spiro atoms. The Bertz CT molecular complexity index is 912. The molecular weight excluding hydrogens is 387 g/mol. The zero-order valence-corrected chi connectivity index (χ0v) is 16.8. The Morgan fingerprint density at radius 3 is 2.10 bits per heavy atom. The van der Waals surface area contributed by atoms with E-state index in [1.54, 1.807) is 6.07 Å². The molecule has 2 aromatic rings. The smallest absolute Gasteiger partial charge is 0.326 e. The average Bonchev–Trinajstić information content (AvgIpc) is 2.67. The number of nitrogens with one attached hydrogen (secondary N) is 1. The lowest BCUT2D eigenvalue weighted by Crippen LogP contribution is -2.48. The monoisotopic (exact) mass is 413 g/mol. The SMILES string of the molecule is O=C(Cc1cccc(C(F)(F)F)c1)Nc1ccc(C23CC4CC(CC(C4)C2)C3)cc1. The highest BCUT2D eigenvalue weighted by atomic mass is 19.4. The van der Waals surface area contributed by atoms with E-state index < -0.39 is 11.7 Å². The molecule has 4 saturated carbocycles. The summed E-state index contributed by atoms with van der Waals surface area (Å²) in [5, 5.41) is 2.83. The molecule has 2 nitrogen and oxygen atoms in total. The fourth-order valence-electron chi connectivity index (χ4n) is 6.62. The van der Waals surface area contributed by atoms with Crippen molar-refractivity contribution in [2.45, 2.75) is 56.5 Å². The summed E-state index contributed by atoms with van der Waals surface area (Å²) in [4.78, 5) is 12.4. The number of hydrogen-bond donors (Lipinski definition) is 1. The molecule has 1 amide bonds. The van der Waals surface area contributed by atoms with Gasteiger partial charge < -0.3 is 5.32 Å². The number of anilines is 1. The zero-order chi connectivity index (χ0) is 20.9. The van der Waals surface area contributed by atoms with Crippen LogP contribution in [0.1, 0.15) is 55.2 Å². The van der Waals surface area contributed by atoms with E-state index in [9.17, 15) is 18.0 Å². The lowest BCUT2D eigenvalue weighted by atomic mass is 9.48. The van der Waals surface area contributed by atoms with Crippen molar-refractivity contribution in [1.82, 2.24) is 0 Å². The number of rotatable bonds is 4. The van der Waals surface area contributed by atoms with Gasteiger partial charge in [0.1, 0.15) is 0 Å². The van der Waals surface area contributed by atoms with Crippen molar-refractivity contribution in [2.75, 3.05) is 5.32 Å². The number of benzene rings is 2. The third-order valence-electron chi connectivity index (χ3n) is 7.44. The van der Waals surface area contributed by atoms with Gasteiger partial charge in [0.25, 0.3) is 0 Å². The van der Waals surface area contributed by atoms with Crippen LogP contribution in [0.2, 0.25) is 0 Å². The first-order valence-electron chi connectivity index (χ1n) is 10.9. The summed E-state index contributed by atoms with van der Waals surface area (Å²) < 4.78 is 38.6.